The quantitative estimate of drug-likeness (QED) is 0.406. The number of hydrogen-bond acceptors (Lipinski definition) is 6. The molecule has 5 rings (SSSR count). The molecule has 0 aliphatic carbocycles. The lowest BCUT2D eigenvalue weighted by Crippen LogP contribution is -2.57. The van der Waals surface area contributed by atoms with Crippen LogP contribution in [0.25, 0.3) is 28.0 Å². The molecule has 1 fully saturated rings. The van der Waals surface area contributed by atoms with Gasteiger partial charge in [-0.15, -0.1) is 0 Å². The Kier molecular flexibility index (Phi) is 6.42. The molecule has 0 radical (unpaired) electrons. The van der Waals surface area contributed by atoms with Crippen molar-refractivity contribution in [3.05, 3.63) is 60.2 Å². The van der Waals surface area contributed by atoms with Crippen LogP contribution in [-0.2, 0) is 23.1 Å². The van der Waals surface area contributed by atoms with Crippen molar-refractivity contribution < 1.29 is 14.3 Å². The number of hydrogen-bond donors (Lipinski definition) is 0. The molecule has 1 aliphatic rings. The molecule has 38 heavy (non-hydrogen) atoms. The van der Waals surface area contributed by atoms with E-state index >= 15 is 0 Å². The third-order valence-corrected chi connectivity index (χ3v) is 6.74. The van der Waals surface area contributed by atoms with Crippen LogP contribution in [0.1, 0.15) is 38.8 Å². The van der Waals surface area contributed by atoms with Gasteiger partial charge in [-0.2, -0.15) is 10.2 Å². The Morgan fingerprint density at radius 3 is 2.58 bits per heavy atom. The second-order valence-corrected chi connectivity index (χ2v) is 10.8. The molecular weight excluding hydrogens is 482 g/mol. The summed E-state index contributed by atoms with van der Waals surface area (Å²) in [7, 11) is 1.88. The van der Waals surface area contributed by atoms with Crippen molar-refractivity contribution in [2.24, 2.45) is 7.05 Å². The van der Waals surface area contributed by atoms with E-state index < -0.39 is 17.7 Å². The maximum Gasteiger partial charge on any atom is 0.411 e. The molecule has 4 aromatic rings. The molecule has 1 unspecified atom stereocenters. The van der Waals surface area contributed by atoms with Crippen molar-refractivity contribution in [2.45, 2.75) is 52.8 Å². The predicted octanol–water partition coefficient (Wildman–Crippen LogP) is 4.07. The van der Waals surface area contributed by atoms with Crippen LogP contribution in [0.3, 0.4) is 0 Å². The number of aromatic nitrogens is 5. The molecule has 4 heterocycles. The van der Waals surface area contributed by atoms with Gasteiger partial charge in [0.15, 0.2) is 0 Å². The van der Waals surface area contributed by atoms with Gasteiger partial charge in [-0.05, 0) is 57.9 Å². The summed E-state index contributed by atoms with van der Waals surface area (Å²) in [6, 6.07) is 7.56. The molecule has 0 bridgehead atoms. The van der Waals surface area contributed by atoms with Crippen molar-refractivity contribution >= 4 is 17.5 Å². The molecule has 10 heteroatoms. The maximum absolute atomic E-state index is 13.2. The van der Waals surface area contributed by atoms with Crippen LogP contribution in [-0.4, -0.2) is 70.9 Å². The average Bonchev–Trinajstić information content (AvgIpc) is 3.50. The van der Waals surface area contributed by atoms with Gasteiger partial charge >= 0.3 is 6.09 Å². The SMILES string of the molecule is Cc1cc(-c2nc(-c3cnn(C)c3)cn3nccc23)ccc1CN1CCN(C(=O)OC(C)(C)C)C(C)C1=O. The maximum atomic E-state index is 13.2. The zero-order chi connectivity index (χ0) is 27.2. The molecular formula is C28H33N7O3. The number of nitrogens with zero attached hydrogens (tertiary/aromatic N) is 7. The second-order valence-electron chi connectivity index (χ2n) is 10.8. The van der Waals surface area contributed by atoms with Crippen LogP contribution in [0.15, 0.2) is 49.1 Å². The first-order chi connectivity index (χ1) is 18.0. The summed E-state index contributed by atoms with van der Waals surface area (Å²) in [5.74, 6) is -0.0857. The largest absolute Gasteiger partial charge is 0.444 e. The van der Waals surface area contributed by atoms with Crippen LogP contribution in [0.5, 0.6) is 0 Å². The van der Waals surface area contributed by atoms with Gasteiger partial charge in [0, 0.05) is 44.0 Å². The lowest BCUT2D eigenvalue weighted by atomic mass is 10.0. The fourth-order valence-electron chi connectivity index (χ4n) is 4.72. The third-order valence-electron chi connectivity index (χ3n) is 6.74. The highest BCUT2D eigenvalue weighted by Gasteiger charge is 2.36. The lowest BCUT2D eigenvalue weighted by Gasteiger charge is -2.39. The highest BCUT2D eigenvalue weighted by Crippen LogP contribution is 2.29. The van der Waals surface area contributed by atoms with Crippen molar-refractivity contribution in [3.8, 4) is 22.5 Å². The van der Waals surface area contributed by atoms with E-state index in [1.807, 2.05) is 74.8 Å². The van der Waals surface area contributed by atoms with E-state index in [1.54, 1.807) is 24.0 Å². The van der Waals surface area contributed by atoms with E-state index in [9.17, 15) is 9.59 Å². The zero-order valence-electron chi connectivity index (χ0n) is 22.7. The molecule has 1 saturated heterocycles. The first-order valence-electron chi connectivity index (χ1n) is 12.7. The molecule has 1 aliphatic heterocycles. The van der Waals surface area contributed by atoms with E-state index in [2.05, 4.69) is 16.3 Å². The summed E-state index contributed by atoms with van der Waals surface area (Å²) >= 11 is 0. The number of aryl methyl sites for hydroxylation is 2. The van der Waals surface area contributed by atoms with Crippen LogP contribution in [0.4, 0.5) is 4.79 Å². The van der Waals surface area contributed by atoms with Crippen LogP contribution in [0.2, 0.25) is 0 Å². The Hall–Kier alpha value is -4.21. The molecule has 0 saturated carbocycles. The summed E-state index contributed by atoms with van der Waals surface area (Å²) < 4.78 is 9.07. The van der Waals surface area contributed by atoms with Gasteiger partial charge in [0.25, 0.3) is 0 Å². The predicted molar refractivity (Wildman–Crippen MR) is 143 cm³/mol. The van der Waals surface area contributed by atoms with Crippen LogP contribution < -0.4 is 0 Å². The number of carbonyl (C=O) groups excluding carboxylic acids is 2. The Bertz CT molecular complexity index is 1510. The molecule has 3 aromatic heterocycles. The van der Waals surface area contributed by atoms with Crippen LogP contribution in [0, 0.1) is 6.92 Å². The highest BCUT2D eigenvalue weighted by atomic mass is 16.6. The highest BCUT2D eigenvalue weighted by molar-refractivity contribution is 5.86. The molecule has 0 N–H and O–H groups in total. The minimum Gasteiger partial charge on any atom is -0.444 e. The molecule has 1 aromatic carbocycles. The van der Waals surface area contributed by atoms with E-state index in [4.69, 9.17) is 9.72 Å². The van der Waals surface area contributed by atoms with Crippen LogP contribution >= 0.6 is 0 Å². The summed E-state index contributed by atoms with van der Waals surface area (Å²) in [5, 5.41) is 8.71. The van der Waals surface area contributed by atoms with Gasteiger partial charge in [-0.1, -0.05) is 12.1 Å². The van der Waals surface area contributed by atoms with Gasteiger partial charge in [0.1, 0.15) is 11.6 Å². The smallest absolute Gasteiger partial charge is 0.411 e. The summed E-state index contributed by atoms with van der Waals surface area (Å²) in [5.41, 5.74) is 5.91. The first kappa shape index (κ1) is 25.4. The fraction of sp³-hybridized carbons (Fsp3) is 0.393. The number of fused-ring (bicyclic) bond motifs is 1. The van der Waals surface area contributed by atoms with Crippen molar-refractivity contribution in [3.63, 3.8) is 0 Å². The average molecular weight is 516 g/mol. The van der Waals surface area contributed by atoms with Gasteiger partial charge in [0.05, 0.1) is 35.5 Å². The molecule has 10 nitrogen and oxygen atoms in total. The number of piperazine rings is 1. The monoisotopic (exact) mass is 515 g/mol. The van der Waals surface area contributed by atoms with E-state index in [0.717, 1.165) is 39.2 Å². The lowest BCUT2D eigenvalue weighted by molar-refractivity contribution is -0.141. The van der Waals surface area contributed by atoms with E-state index in [-0.39, 0.29) is 5.91 Å². The first-order valence-corrected chi connectivity index (χ1v) is 12.7. The molecule has 0 spiro atoms. The number of ether oxygens (including phenoxy) is 1. The van der Waals surface area contributed by atoms with Crippen molar-refractivity contribution in [1.82, 2.24) is 34.2 Å². The summed E-state index contributed by atoms with van der Waals surface area (Å²) in [6.45, 7) is 10.6. The Morgan fingerprint density at radius 2 is 1.89 bits per heavy atom. The Labute approximate surface area is 221 Å². The normalized spacial score (nSPS) is 16.4. The van der Waals surface area contributed by atoms with Gasteiger partial charge < -0.3 is 9.64 Å². The van der Waals surface area contributed by atoms with Gasteiger partial charge in [0.2, 0.25) is 5.91 Å². The summed E-state index contributed by atoms with van der Waals surface area (Å²) in [6.07, 6.45) is 6.93. The van der Waals surface area contributed by atoms with Crippen molar-refractivity contribution in [1.29, 1.82) is 0 Å². The molecule has 2 amide bonds. The third kappa shape index (κ3) is 4.98. The minimum atomic E-state index is -0.606. The summed E-state index contributed by atoms with van der Waals surface area (Å²) in [4.78, 5) is 34.0. The Morgan fingerprint density at radius 1 is 1.11 bits per heavy atom. The van der Waals surface area contributed by atoms with E-state index in [0.29, 0.717) is 19.6 Å². The van der Waals surface area contributed by atoms with Gasteiger partial charge in [-0.3, -0.25) is 14.4 Å². The number of amides is 2. The Balaban J connectivity index is 1.37. The fourth-order valence-corrected chi connectivity index (χ4v) is 4.72. The second kappa shape index (κ2) is 9.59. The number of carbonyl (C=O) groups is 2. The zero-order valence-corrected chi connectivity index (χ0v) is 22.7. The molecule has 198 valence electrons. The number of benzene rings is 1. The standard InChI is InChI=1S/C28H33N7O3/c1-18-13-20(25-24-9-10-29-35(24)17-23(31-25)22-14-30-32(6)15-22)7-8-21(18)16-33-11-12-34(19(2)26(33)36)27(37)38-28(3,4)5/h7-10,13-15,17,19H,11-12,16H2,1-6H3. The topological polar surface area (TPSA) is 97.9 Å². The number of rotatable bonds is 4. The van der Waals surface area contributed by atoms with Gasteiger partial charge in [-0.25, -0.2) is 14.3 Å². The van der Waals surface area contributed by atoms with Crippen molar-refractivity contribution in [2.75, 3.05) is 13.1 Å². The molecule has 1 atom stereocenters. The minimum absolute atomic E-state index is 0.0857. The van der Waals surface area contributed by atoms with E-state index in [1.165, 1.54) is 4.90 Å².